The Hall–Kier alpha value is -2.43. The van der Waals surface area contributed by atoms with Crippen LogP contribution in [0.3, 0.4) is 0 Å². The summed E-state index contributed by atoms with van der Waals surface area (Å²) in [5.74, 6) is 1.79. The van der Waals surface area contributed by atoms with Crippen molar-refractivity contribution in [1.82, 2.24) is 0 Å². The number of carbonyl (C=O) groups is 3. The van der Waals surface area contributed by atoms with Crippen molar-refractivity contribution in [2.45, 2.75) is 139 Å². The molecule has 5 rings (SSSR count). The summed E-state index contributed by atoms with van der Waals surface area (Å²) >= 11 is 0. The Morgan fingerprint density at radius 1 is 0.935 bits per heavy atom. The van der Waals surface area contributed by atoms with Crippen molar-refractivity contribution >= 4 is 17.7 Å². The molecule has 0 amide bonds. The zero-order chi connectivity index (χ0) is 33.5. The fourth-order valence-electron chi connectivity index (χ4n) is 11.3. The molecule has 2 saturated carbocycles. The van der Waals surface area contributed by atoms with Gasteiger partial charge in [0.05, 0.1) is 17.6 Å². The summed E-state index contributed by atoms with van der Waals surface area (Å²) in [6.07, 6.45) is 10.5. The van der Waals surface area contributed by atoms with Crippen LogP contribution in [0, 0.1) is 45.3 Å². The van der Waals surface area contributed by atoms with Gasteiger partial charge in [-0.25, -0.2) is 4.79 Å². The average Bonchev–Trinajstić information content (AvgIpc) is 3.24. The van der Waals surface area contributed by atoms with Crippen molar-refractivity contribution in [2.24, 2.45) is 45.3 Å². The van der Waals surface area contributed by atoms with Gasteiger partial charge in [-0.05, 0) is 98.5 Å². The Bertz CT molecular complexity index is 1330. The van der Waals surface area contributed by atoms with E-state index in [-0.39, 0.29) is 34.3 Å². The summed E-state index contributed by atoms with van der Waals surface area (Å²) in [6, 6.07) is 9.33. The summed E-state index contributed by atoms with van der Waals surface area (Å²) < 4.78 is 11.7. The first-order valence-electron chi connectivity index (χ1n) is 18.4. The monoisotopic (exact) mass is 632 g/mol. The summed E-state index contributed by atoms with van der Waals surface area (Å²) in [4.78, 5) is 40.7. The number of ether oxygens (including phenoxy) is 2. The summed E-state index contributed by atoms with van der Waals surface area (Å²) in [7, 11) is 0. The molecule has 5 nitrogen and oxygen atoms in total. The number of rotatable bonds is 11. The molecule has 2 fully saturated rings. The molecular weight excluding hydrogens is 572 g/mol. The lowest BCUT2D eigenvalue weighted by atomic mass is 9.42. The molecule has 0 aliphatic heterocycles. The number of hydrogen-bond acceptors (Lipinski definition) is 5. The lowest BCUT2D eigenvalue weighted by Gasteiger charge is -2.62. The summed E-state index contributed by atoms with van der Waals surface area (Å²) in [6.45, 7) is 18.6. The van der Waals surface area contributed by atoms with Crippen LogP contribution in [0.1, 0.15) is 143 Å². The predicted octanol–water partition coefficient (Wildman–Crippen LogP) is 9.93. The van der Waals surface area contributed by atoms with Gasteiger partial charge in [0, 0.05) is 18.3 Å². The molecule has 0 N–H and O–H groups in total. The van der Waals surface area contributed by atoms with E-state index in [0.717, 1.165) is 44.9 Å². The number of esters is 2. The molecule has 0 bridgehead atoms. The Morgan fingerprint density at radius 3 is 2.33 bits per heavy atom. The van der Waals surface area contributed by atoms with Gasteiger partial charge in [0.25, 0.3) is 0 Å². The van der Waals surface area contributed by atoms with Crippen LogP contribution in [0.5, 0.6) is 0 Å². The third kappa shape index (κ3) is 5.80. The fraction of sp³-hybridized carbons (Fsp3) is 0.732. The number of benzene rings is 1. The number of allylic oxidation sites excluding steroid dienone is 2. The second-order valence-corrected chi connectivity index (χ2v) is 16.7. The van der Waals surface area contributed by atoms with Gasteiger partial charge in [-0.1, -0.05) is 97.1 Å². The van der Waals surface area contributed by atoms with E-state index < -0.39 is 5.41 Å². The van der Waals surface area contributed by atoms with Crippen LogP contribution in [0.25, 0.3) is 0 Å². The Balaban J connectivity index is 1.49. The molecule has 0 saturated heterocycles. The molecule has 7 atom stereocenters. The quantitative estimate of drug-likeness (QED) is 0.179. The number of ketones is 1. The van der Waals surface area contributed by atoms with E-state index >= 15 is 0 Å². The minimum atomic E-state index is -0.598. The maximum atomic E-state index is 14.7. The van der Waals surface area contributed by atoms with E-state index in [0.29, 0.717) is 60.9 Å². The summed E-state index contributed by atoms with van der Waals surface area (Å²) in [5, 5.41) is 0. The predicted molar refractivity (Wildman–Crippen MR) is 183 cm³/mol. The molecule has 1 aromatic carbocycles. The van der Waals surface area contributed by atoms with Gasteiger partial charge < -0.3 is 9.47 Å². The van der Waals surface area contributed by atoms with Gasteiger partial charge in [-0.15, -0.1) is 0 Å². The van der Waals surface area contributed by atoms with E-state index in [1.165, 1.54) is 24.0 Å². The lowest BCUT2D eigenvalue weighted by molar-refractivity contribution is -0.145. The maximum absolute atomic E-state index is 14.7. The van der Waals surface area contributed by atoms with Crippen molar-refractivity contribution in [3.05, 3.63) is 47.0 Å². The van der Waals surface area contributed by atoms with E-state index in [2.05, 4.69) is 48.5 Å². The Morgan fingerprint density at radius 2 is 1.65 bits per heavy atom. The molecule has 0 unspecified atom stereocenters. The largest absolute Gasteiger partial charge is 0.466 e. The van der Waals surface area contributed by atoms with Crippen molar-refractivity contribution in [2.75, 3.05) is 6.61 Å². The molecule has 0 heterocycles. The van der Waals surface area contributed by atoms with Crippen LogP contribution >= 0.6 is 0 Å². The first-order valence-corrected chi connectivity index (χ1v) is 18.4. The first kappa shape index (κ1) is 34.9. The number of fused-ring (bicyclic) bond motifs is 4. The van der Waals surface area contributed by atoms with Gasteiger partial charge >= 0.3 is 11.9 Å². The smallest absolute Gasteiger partial charge is 0.338 e. The average molecular weight is 633 g/mol. The van der Waals surface area contributed by atoms with Crippen LogP contribution in [0.4, 0.5) is 0 Å². The maximum Gasteiger partial charge on any atom is 0.338 e. The highest BCUT2D eigenvalue weighted by Crippen LogP contribution is 2.73. The second-order valence-electron chi connectivity index (χ2n) is 16.7. The minimum Gasteiger partial charge on any atom is -0.466 e. The number of hydrogen-bond donors (Lipinski definition) is 0. The summed E-state index contributed by atoms with van der Waals surface area (Å²) in [5.41, 5.74) is 2.44. The van der Waals surface area contributed by atoms with E-state index in [9.17, 15) is 14.4 Å². The van der Waals surface area contributed by atoms with Crippen LogP contribution in [0.15, 0.2) is 41.5 Å². The SMILES string of the molecule is CCOC(=O)CC[C@@]12C(=O)C[C@H]([C@H](C)CCCC(C)C)[C@@]1(C)CCC1=C2CC[C@H]2C(C)(C)[C@@H](OC(=O)c3ccccc3)CC[C@]12C. The van der Waals surface area contributed by atoms with E-state index in [1.54, 1.807) is 0 Å². The first-order chi connectivity index (χ1) is 21.7. The molecule has 4 aliphatic carbocycles. The normalized spacial score (nSPS) is 34.0. The second kappa shape index (κ2) is 13.2. The Kier molecular flexibility index (Phi) is 10.0. The van der Waals surface area contributed by atoms with Crippen molar-refractivity contribution in [3.63, 3.8) is 0 Å². The Labute approximate surface area is 278 Å². The topological polar surface area (TPSA) is 69.7 Å². The molecule has 46 heavy (non-hydrogen) atoms. The van der Waals surface area contributed by atoms with E-state index in [4.69, 9.17) is 9.47 Å². The van der Waals surface area contributed by atoms with Crippen molar-refractivity contribution in [3.8, 4) is 0 Å². The molecule has 0 radical (unpaired) electrons. The molecular formula is C41H60O5. The molecule has 5 heteroatoms. The third-order valence-corrected chi connectivity index (χ3v) is 13.6. The standard InChI is InChI=1S/C41H60O5/c1-9-45-36(43)22-25-41-31-18-19-33-38(5,6)35(46-37(44)29-16-11-10-12-17-29)21-23-39(33,7)30(31)20-24-40(41,8)32(26-34(41)42)28(4)15-13-14-27(2)3/h10-12,16-17,27-28,32-33,35H,9,13-15,18-26H2,1-8H3/t28-,32-,33+,35+,39-,40-,41-/m1/s1. The highest BCUT2D eigenvalue weighted by molar-refractivity contribution is 5.93. The van der Waals surface area contributed by atoms with Gasteiger partial charge in [0.15, 0.2) is 0 Å². The van der Waals surface area contributed by atoms with Crippen LogP contribution in [0.2, 0.25) is 0 Å². The number of carbonyl (C=O) groups excluding carboxylic acids is 3. The highest BCUT2D eigenvalue weighted by atomic mass is 16.5. The van der Waals surface area contributed by atoms with Gasteiger partial charge in [-0.2, -0.15) is 0 Å². The molecule has 0 aromatic heterocycles. The van der Waals surface area contributed by atoms with Crippen LogP contribution in [-0.4, -0.2) is 30.4 Å². The van der Waals surface area contributed by atoms with Crippen LogP contribution in [-0.2, 0) is 19.1 Å². The van der Waals surface area contributed by atoms with Crippen molar-refractivity contribution in [1.29, 1.82) is 0 Å². The van der Waals surface area contributed by atoms with Gasteiger partial charge in [-0.3, -0.25) is 9.59 Å². The lowest BCUT2D eigenvalue weighted by Crippen LogP contribution is -2.57. The fourth-order valence-corrected chi connectivity index (χ4v) is 11.3. The molecule has 0 spiro atoms. The molecule has 1 aromatic rings. The zero-order valence-corrected chi connectivity index (χ0v) is 30.0. The molecule has 254 valence electrons. The molecule has 4 aliphatic rings. The van der Waals surface area contributed by atoms with Gasteiger partial charge in [0.2, 0.25) is 0 Å². The zero-order valence-electron chi connectivity index (χ0n) is 30.0. The van der Waals surface area contributed by atoms with E-state index in [1.807, 2.05) is 37.3 Å². The van der Waals surface area contributed by atoms with Crippen LogP contribution < -0.4 is 0 Å². The van der Waals surface area contributed by atoms with Gasteiger partial charge in [0.1, 0.15) is 11.9 Å². The third-order valence-electron chi connectivity index (χ3n) is 13.6. The highest BCUT2D eigenvalue weighted by Gasteiger charge is 2.68. The number of Topliss-reactive ketones (excluding diaryl/α,β-unsaturated/α-hetero) is 1. The van der Waals surface area contributed by atoms with Crippen molar-refractivity contribution < 1.29 is 23.9 Å². The minimum absolute atomic E-state index is 0.0633.